The zero-order valence-electron chi connectivity index (χ0n) is 14.7. The highest BCUT2D eigenvalue weighted by Gasteiger charge is 2.39. The maximum atomic E-state index is 12.9. The fourth-order valence-corrected chi connectivity index (χ4v) is 5.77. The second-order valence-corrected chi connectivity index (χ2v) is 10.5. The van der Waals surface area contributed by atoms with Gasteiger partial charge in [0.1, 0.15) is 0 Å². The molecule has 0 unspecified atom stereocenters. The minimum absolute atomic E-state index is 0.0780. The third-order valence-corrected chi connectivity index (χ3v) is 6.77. The molecule has 0 aromatic heterocycles. The normalized spacial score (nSPS) is 21.3. The van der Waals surface area contributed by atoms with Gasteiger partial charge in [-0.3, -0.25) is 0 Å². The van der Waals surface area contributed by atoms with Crippen LogP contribution in [0.1, 0.15) is 51.7 Å². The second-order valence-electron chi connectivity index (χ2n) is 7.99. The van der Waals surface area contributed by atoms with Gasteiger partial charge < -0.3 is 5.32 Å². The van der Waals surface area contributed by atoms with E-state index in [2.05, 4.69) is 53.7 Å². The molecule has 130 valence electrons. The Bertz CT molecular complexity index is 696. The van der Waals surface area contributed by atoms with Gasteiger partial charge >= 0.3 is 0 Å². The number of halogens is 1. The first-order valence-electron chi connectivity index (χ1n) is 7.90. The Balaban J connectivity index is 2.30. The number of rotatable bonds is 3. The van der Waals surface area contributed by atoms with Crippen LogP contribution < -0.4 is 10.0 Å². The molecule has 1 saturated heterocycles. The number of benzene rings is 1. The molecular weight excluding hydrogens is 376 g/mol. The second kappa shape index (κ2) is 6.14. The van der Waals surface area contributed by atoms with E-state index in [1.165, 1.54) is 0 Å². The van der Waals surface area contributed by atoms with Crippen molar-refractivity contribution in [1.82, 2.24) is 10.0 Å². The van der Waals surface area contributed by atoms with Gasteiger partial charge in [0.25, 0.3) is 0 Å². The van der Waals surface area contributed by atoms with Crippen LogP contribution in [0.5, 0.6) is 0 Å². The lowest BCUT2D eigenvalue weighted by atomic mass is 9.80. The first kappa shape index (κ1) is 18.9. The quantitative estimate of drug-likeness (QED) is 0.810. The Morgan fingerprint density at radius 3 is 2.13 bits per heavy atom. The van der Waals surface area contributed by atoms with E-state index in [-0.39, 0.29) is 17.1 Å². The average molecular weight is 403 g/mol. The van der Waals surface area contributed by atoms with Crippen LogP contribution >= 0.6 is 15.9 Å². The standard InChI is InChI=1S/C17H27BrN2O2S/c1-11-7-12(2)15(8-14(11)18)23(21,22)19-13-9-16(3,4)20-17(5,6)10-13/h7-8,13,19-20H,9-10H2,1-6H3. The summed E-state index contributed by atoms with van der Waals surface area (Å²) >= 11 is 3.43. The third kappa shape index (κ3) is 4.56. The molecule has 0 atom stereocenters. The van der Waals surface area contributed by atoms with Crippen LogP contribution in [0.2, 0.25) is 0 Å². The van der Waals surface area contributed by atoms with Crippen molar-refractivity contribution in [3.63, 3.8) is 0 Å². The van der Waals surface area contributed by atoms with Crippen molar-refractivity contribution in [2.24, 2.45) is 0 Å². The molecule has 1 aliphatic rings. The lowest BCUT2D eigenvalue weighted by Gasteiger charge is -2.46. The van der Waals surface area contributed by atoms with Gasteiger partial charge in [-0.1, -0.05) is 22.0 Å². The summed E-state index contributed by atoms with van der Waals surface area (Å²) in [6, 6.07) is 3.52. The summed E-state index contributed by atoms with van der Waals surface area (Å²) < 4.78 is 29.4. The maximum absolute atomic E-state index is 12.9. The van der Waals surface area contributed by atoms with Gasteiger partial charge in [-0.2, -0.15) is 0 Å². The molecule has 2 N–H and O–H groups in total. The highest BCUT2D eigenvalue weighted by Crippen LogP contribution is 2.30. The summed E-state index contributed by atoms with van der Waals surface area (Å²) in [5.74, 6) is 0. The van der Waals surface area contributed by atoms with Gasteiger partial charge in [0.15, 0.2) is 0 Å². The Labute approximate surface area is 148 Å². The summed E-state index contributed by atoms with van der Waals surface area (Å²) in [4.78, 5) is 0.351. The Morgan fingerprint density at radius 1 is 1.09 bits per heavy atom. The largest absolute Gasteiger partial charge is 0.307 e. The highest BCUT2D eigenvalue weighted by molar-refractivity contribution is 9.10. The van der Waals surface area contributed by atoms with Gasteiger partial charge in [-0.05, 0) is 71.6 Å². The molecule has 23 heavy (non-hydrogen) atoms. The predicted molar refractivity (Wildman–Crippen MR) is 98.3 cm³/mol. The first-order valence-corrected chi connectivity index (χ1v) is 10.2. The molecule has 1 aliphatic heterocycles. The molecule has 0 amide bonds. The minimum atomic E-state index is -3.54. The number of hydrogen-bond donors (Lipinski definition) is 2. The highest BCUT2D eigenvalue weighted by atomic mass is 79.9. The summed E-state index contributed by atoms with van der Waals surface area (Å²) in [6.07, 6.45) is 1.53. The van der Waals surface area contributed by atoms with Crippen molar-refractivity contribution < 1.29 is 8.42 Å². The molecular formula is C17H27BrN2O2S. The van der Waals surface area contributed by atoms with Crippen LogP contribution in [0.4, 0.5) is 0 Å². The van der Waals surface area contributed by atoms with Gasteiger partial charge in [-0.15, -0.1) is 0 Å². The van der Waals surface area contributed by atoms with E-state index in [1.54, 1.807) is 6.07 Å². The molecule has 2 rings (SSSR count). The molecule has 1 fully saturated rings. The predicted octanol–water partition coefficient (Wildman–Crippen LogP) is 3.65. The van der Waals surface area contributed by atoms with Gasteiger partial charge in [0, 0.05) is 21.6 Å². The van der Waals surface area contributed by atoms with E-state index in [0.29, 0.717) is 4.90 Å². The number of piperidine rings is 1. The fourth-order valence-electron chi connectivity index (χ4n) is 3.79. The molecule has 6 heteroatoms. The minimum Gasteiger partial charge on any atom is -0.307 e. The van der Waals surface area contributed by atoms with Crippen molar-refractivity contribution in [3.05, 3.63) is 27.7 Å². The molecule has 4 nitrogen and oxygen atoms in total. The van der Waals surface area contributed by atoms with Gasteiger partial charge in [0.2, 0.25) is 10.0 Å². The number of aryl methyl sites for hydroxylation is 2. The molecule has 0 bridgehead atoms. The first-order chi connectivity index (χ1) is 10.3. The van der Waals surface area contributed by atoms with E-state index < -0.39 is 10.0 Å². The van der Waals surface area contributed by atoms with Gasteiger partial charge in [0.05, 0.1) is 4.90 Å². The molecule has 0 radical (unpaired) electrons. The van der Waals surface area contributed by atoms with Crippen molar-refractivity contribution in [2.45, 2.75) is 76.4 Å². The molecule has 1 heterocycles. The van der Waals surface area contributed by atoms with E-state index >= 15 is 0 Å². The van der Waals surface area contributed by atoms with Crippen LogP contribution in [-0.4, -0.2) is 25.5 Å². The van der Waals surface area contributed by atoms with Crippen LogP contribution in [0, 0.1) is 13.8 Å². The third-order valence-electron chi connectivity index (χ3n) is 4.26. The molecule has 0 aliphatic carbocycles. The van der Waals surface area contributed by atoms with Crippen LogP contribution in [0.3, 0.4) is 0 Å². The Morgan fingerprint density at radius 2 is 1.61 bits per heavy atom. The number of sulfonamides is 1. The summed E-state index contributed by atoms with van der Waals surface area (Å²) in [5.41, 5.74) is 1.60. The fraction of sp³-hybridized carbons (Fsp3) is 0.647. The van der Waals surface area contributed by atoms with E-state index in [0.717, 1.165) is 28.4 Å². The van der Waals surface area contributed by atoms with Crippen LogP contribution in [0.25, 0.3) is 0 Å². The van der Waals surface area contributed by atoms with E-state index in [1.807, 2.05) is 19.9 Å². The topological polar surface area (TPSA) is 58.2 Å². The zero-order valence-corrected chi connectivity index (χ0v) is 17.2. The number of hydrogen-bond acceptors (Lipinski definition) is 3. The van der Waals surface area contributed by atoms with Crippen molar-refractivity contribution in [2.75, 3.05) is 0 Å². The average Bonchev–Trinajstić information content (AvgIpc) is 2.28. The SMILES string of the molecule is Cc1cc(C)c(S(=O)(=O)NC2CC(C)(C)NC(C)(C)C2)cc1Br. The lowest BCUT2D eigenvalue weighted by Crippen LogP contribution is -2.62. The van der Waals surface area contributed by atoms with Crippen LogP contribution in [0.15, 0.2) is 21.5 Å². The van der Waals surface area contributed by atoms with E-state index in [4.69, 9.17) is 0 Å². The molecule has 0 saturated carbocycles. The molecule has 1 aromatic rings. The van der Waals surface area contributed by atoms with Crippen LogP contribution in [-0.2, 0) is 10.0 Å². The van der Waals surface area contributed by atoms with Crippen molar-refractivity contribution in [1.29, 1.82) is 0 Å². The summed E-state index contributed by atoms with van der Waals surface area (Å²) in [6.45, 7) is 12.3. The Hall–Kier alpha value is -0.430. The molecule has 0 spiro atoms. The number of nitrogens with one attached hydrogen (secondary N) is 2. The van der Waals surface area contributed by atoms with E-state index in [9.17, 15) is 8.42 Å². The maximum Gasteiger partial charge on any atom is 0.241 e. The summed E-state index contributed by atoms with van der Waals surface area (Å²) in [5, 5.41) is 3.57. The molecule has 1 aromatic carbocycles. The van der Waals surface area contributed by atoms with Crippen molar-refractivity contribution >= 4 is 26.0 Å². The van der Waals surface area contributed by atoms with Crippen molar-refractivity contribution in [3.8, 4) is 0 Å². The van der Waals surface area contributed by atoms with Gasteiger partial charge in [-0.25, -0.2) is 13.1 Å². The Kier molecular flexibility index (Phi) is 5.04. The zero-order chi connectivity index (χ0) is 17.6. The lowest BCUT2D eigenvalue weighted by molar-refractivity contribution is 0.157. The summed E-state index contributed by atoms with van der Waals surface area (Å²) in [7, 11) is -3.54. The smallest absolute Gasteiger partial charge is 0.241 e. The monoisotopic (exact) mass is 402 g/mol.